The predicted molar refractivity (Wildman–Crippen MR) is 68.4 cm³/mol. The third-order valence-electron chi connectivity index (χ3n) is 3.24. The van der Waals surface area contributed by atoms with Gasteiger partial charge in [-0.15, -0.1) is 0 Å². The summed E-state index contributed by atoms with van der Waals surface area (Å²) >= 11 is 3.30. The van der Waals surface area contributed by atoms with Crippen molar-refractivity contribution in [3.63, 3.8) is 0 Å². The molecule has 0 aliphatic heterocycles. The van der Waals surface area contributed by atoms with Crippen molar-refractivity contribution < 1.29 is 19.0 Å². The third-order valence-corrected chi connectivity index (χ3v) is 3.69. The molecule has 1 fully saturated rings. The van der Waals surface area contributed by atoms with E-state index in [2.05, 4.69) is 15.9 Å². The average molecular weight is 317 g/mol. The number of ether oxygens (including phenoxy) is 1. The highest BCUT2D eigenvalue weighted by Crippen LogP contribution is 2.46. The second-order valence-corrected chi connectivity index (χ2v) is 5.47. The van der Waals surface area contributed by atoms with Crippen molar-refractivity contribution in [3.05, 3.63) is 28.0 Å². The number of carboxylic acid groups (broad SMARTS) is 1. The Morgan fingerprint density at radius 1 is 1.61 bits per heavy atom. The van der Waals surface area contributed by atoms with Crippen molar-refractivity contribution in [3.8, 4) is 5.75 Å². The maximum Gasteiger partial charge on any atom is 0.303 e. The van der Waals surface area contributed by atoms with Crippen LogP contribution in [0.25, 0.3) is 0 Å². The molecular formula is C13H14BrFO3. The number of aliphatic carboxylic acids is 1. The number of hydrogen-bond donors (Lipinski definition) is 1. The van der Waals surface area contributed by atoms with Crippen molar-refractivity contribution in [2.75, 3.05) is 7.11 Å². The topological polar surface area (TPSA) is 46.5 Å². The Labute approximate surface area is 113 Å². The maximum absolute atomic E-state index is 14.2. The van der Waals surface area contributed by atoms with Crippen LogP contribution in [0, 0.1) is 11.7 Å². The van der Waals surface area contributed by atoms with Crippen LogP contribution in [0.3, 0.4) is 0 Å². The summed E-state index contributed by atoms with van der Waals surface area (Å²) in [7, 11) is 1.40. The van der Waals surface area contributed by atoms with Gasteiger partial charge in [-0.3, -0.25) is 4.79 Å². The fraction of sp³-hybridized carbons (Fsp3) is 0.462. The normalized spacial score (nSPS) is 16.4. The maximum atomic E-state index is 14.2. The minimum absolute atomic E-state index is 0.0405. The van der Waals surface area contributed by atoms with E-state index in [9.17, 15) is 9.18 Å². The molecule has 1 aliphatic carbocycles. The highest BCUT2D eigenvalue weighted by molar-refractivity contribution is 9.10. The molecule has 1 aromatic carbocycles. The zero-order valence-corrected chi connectivity index (χ0v) is 11.5. The lowest BCUT2D eigenvalue weighted by atomic mass is 9.90. The van der Waals surface area contributed by atoms with Gasteiger partial charge in [-0.05, 0) is 36.5 Å². The summed E-state index contributed by atoms with van der Waals surface area (Å²) in [5.41, 5.74) is 0.436. The Hall–Kier alpha value is -1.10. The van der Waals surface area contributed by atoms with E-state index in [0.29, 0.717) is 10.0 Å². The highest BCUT2D eigenvalue weighted by atomic mass is 79.9. The van der Waals surface area contributed by atoms with Crippen LogP contribution in [0.5, 0.6) is 5.75 Å². The molecular weight excluding hydrogens is 303 g/mol. The largest absolute Gasteiger partial charge is 0.494 e. The lowest BCUT2D eigenvalue weighted by molar-refractivity contribution is -0.137. The van der Waals surface area contributed by atoms with Gasteiger partial charge in [-0.1, -0.05) is 15.9 Å². The lowest BCUT2D eigenvalue weighted by Crippen LogP contribution is -2.11. The molecule has 0 bridgehead atoms. The average Bonchev–Trinajstić information content (AvgIpc) is 3.12. The van der Waals surface area contributed by atoms with Crippen molar-refractivity contribution in [2.45, 2.75) is 25.2 Å². The van der Waals surface area contributed by atoms with E-state index in [1.54, 1.807) is 12.1 Å². The number of rotatable bonds is 5. The fourth-order valence-electron chi connectivity index (χ4n) is 2.22. The van der Waals surface area contributed by atoms with Gasteiger partial charge in [0.15, 0.2) is 11.6 Å². The standard InChI is InChI=1S/C13H14BrFO3/c1-18-11-5-8(14)4-10(13(11)15)9(6-12(16)17)7-2-3-7/h4-5,7,9H,2-3,6H2,1H3,(H,16,17). The zero-order valence-electron chi connectivity index (χ0n) is 9.95. The van der Waals surface area contributed by atoms with Gasteiger partial charge in [-0.25, -0.2) is 4.39 Å². The lowest BCUT2D eigenvalue weighted by Gasteiger charge is -2.17. The van der Waals surface area contributed by atoms with Crippen molar-refractivity contribution in [1.82, 2.24) is 0 Å². The molecule has 0 radical (unpaired) electrons. The van der Waals surface area contributed by atoms with E-state index in [0.717, 1.165) is 12.8 Å². The van der Waals surface area contributed by atoms with Crippen LogP contribution in [0.1, 0.15) is 30.7 Å². The summed E-state index contributed by atoms with van der Waals surface area (Å²) in [6.45, 7) is 0. The van der Waals surface area contributed by atoms with Crippen molar-refractivity contribution in [1.29, 1.82) is 0 Å². The number of halogens is 2. The van der Waals surface area contributed by atoms with Crippen molar-refractivity contribution in [2.24, 2.45) is 5.92 Å². The SMILES string of the molecule is COc1cc(Br)cc(C(CC(=O)O)C2CC2)c1F. The smallest absolute Gasteiger partial charge is 0.303 e. The van der Waals surface area contributed by atoms with Gasteiger partial charge < -0.3 is 9.84 Å². The fourth-order valence-corrected chi connectivity index (χ4v) is 2.67. The first kappa shape index (κ1) is 13.3. The summed E-state index contributed by atoms with van der Waals surface area (Å²) in [5.74, 6) is -1.19. The van der Waals surface area contributed by atoms with E-state index in [1.807, 2.05) is 0 Å². The Morgan fingerprint density at radius 2 is 2.28 bits per heavy atom. The summed E-state index contributed by atoms with van der Waals surface area (Å²) in [6, 6.07) is 3.20. The summed E-state index contributed by atoms with van der Waals surface area (Å²) in [6.07, 6.45) is 1.89. The number of hydrogen-bond acceptors (Lipinski definition) is 2. The van der Waals surface area contributed by atoms with Crippen LogP contribution in [0.4, 0.5) is 4.39 Å². The van der Waals surface area contributed by atoms with Crippen LogP contribution < -0.4 is 4.74 Å². The summed E-state index contributed by atoms with van der Waals surface area (Å²) in [4.78, 5) is 10.9. The minimum atomic E-state index is -0.898. The summed E-state index contributed by atoms with van der Waals surface area (Å²) in [5, 5.41) is 8.94. The minimum Gasteiger partial charge on any atom is -0.494 e. The number of carbonyl (C=O) groups is 1. The second kappa shape index (κ2) is 5.26. The van der Waals surface area contributed by atoms with E-state index in [4.69, 9.17) is 9.84 Å². The first-order valence-electron chi connectivity index (χ1n) is 5.77. The Morgan fingerprint density at radius 3 is 2.78 bits per heavy atom. The third kappa shape index (κ3) is 2.83. The zero-order chi connectivity index (χ0) is 13.3. The van der Waals surface area contributed by atoms with Crippen molar-refractivity contribution >= 4 is 21.9 Å². The Balaban J connectivity index is 2.40. The van der Waals surface area contributed by atoms with E-state index in [1.165, 1.54) is 7.11 Å². The van der Waals surface area contributed by atoms with E-state index >= 15 is 0 Å². The number of methoxy groups -OCH3 is 1. The Kier molecular flexibility index (Phi) is 3.90. The predicted octanol–water partition coefficient (Wildman–Crippen LogP) is 3.57. The second-order valence-electron chi connectivity index (χ2n) is 4.55. The van der Waals surface area contributed by atoms with E-state index < -0.39 is 11.8 Å². The van der Waals surface area contributed by atoms with Crippen LogP contribution in [-0.2, 0) is 4.79 Å². The molecule has 18 heavy (non-hydrogen) atoms. The van der Waals surface area contributed by atoms with Gasteiger partial charge in [-0.2, -0.15) is 0 Å². The van der Waals surface area contributed by atoms with Gasteiger partial charge in [0.05, 0.1) is 13.5 Å². The molecule has 0 saturated heterocycles. The molecule has 1 aromatic rings. The van der Waals surface area contributed by atoms with E-state index in [-0.39, 0.29) is 24.0 Å². The van der Waals surface area contributed by atoms with Crippen LogP contribution in [0.2, 0.25) is 0 Å². The molecule has 0 amide bonds. The molecule has 3 nitrogen and oxygen atoms in total. The number of benzene rings is 1. The molecule has 1 atom stereocenters. The van der Waals surface area contributed by atoms with Gasteiger partial charge >= 0.3 is 5.97 Å². The molecule has 0 aromatic heterocycles. The van der Waals surface area contributed by atoms with Crippen LogP contribution >= 0.6 is 15.9 Å². The first-order valence-corrected chi connectivity index (χ1v) is 6.57. The number of carboxylic acids is 1. The summed E-state index contributed by atoms with van der Waals surface area (Å²) < 4.78 is 19.9. The van der Waals surface area contributed by atoms with Crippen LogP contribution in [-0.4, -0.2) is 18.2 Å². The molecule has 0 spiro atoms. The van der Waals surface area contributed by atoms with Gasteiger partial charge in [0, 0.05) is 10.4 Å². The molecule has 5 heteroatoms. The first-order chi connectivity index (χ1) is 8.52. The molecule has 1 saturated carbocycles. The highest BCUT2D eigenvalue weighted by Gasteiger charge is 2.36. The molecule has 2 rings (SSSR count). The quantitative estimate of drug-likeness (QED) is 0.903. The van der Waals surface area contributed by atoms with Gasteiger partial charge in [0.2, 0.25) is 0 Å². The van der Waals surface area contributed by atoms with Gasteiger partial charge in [0.25, 0.3) is 0 Å². The molecule has 98 valence electrons. The molecule has 1 unspecified atom stereocenters. The molecule has 0 heterocycles. The van der Waals surface area contributed by atoms with Gasteiger partial charge in [0.1, 0.15) is 0 Å². The Bertz CT molecular complexity index is 472. The monoisotopic (exact) mass is 316 g/mol. The molecule has 1 N–H and O–H groups in total. The van der Waals surface area contributed by atoms with Crippen LogP contribution in [0.15, 0.2) is 16.6 Å². The molecule has 1 aliphatic rings.